The largest absolute Gasteiger partial charge is 0.490 e. The number of rotatable bonds is 10. The quantitative estimate of drug-likeness (QED) is 0.496. The van der Waals surface area contributed by atoms with Gasteiger partial charge in [0.25, 0.3) is 0 Å². The Labute approximate surface area is 148 Å². The Kier molecular flexibility index (Phi) is 6.48. The minimum absolute atomic E-state index is 0.293. The van der Waals surface area contributed by atoms with Gasteiger partial charge in [-0.15, -0.1) is 0 Å². The Morgan fingerprint density at radius 2 is 1.88 bits per heavy atom. The second kappa shape index (κ2) is 9.25. The lowest BCUT2D eigenvalue weighted by atomic mass is 10.1. The lowest BCUT2D eigenvalue weighted by Gasteiger charge is -2.14. The van der Waals surface area contributed by atoms with Crippen LogP contribution in [-0.4, -0.2) is 35.9 Å². The molecule has 0 amide bonds. The van der Waals surface area contributed by atoms with Crippen molar-refractivity contribution in [2.75, 3.05) is 19.7 Å². The zero-order chi connectivity index (χ0) is 17.3. The van der Waals surface area contributed by atoms with Crippen molar-refractivity contribution in [2.24, 2.45) is 0 Å². The number of aryl methyl sites for hydroxylation is 1. The lowest BCUT2D eigenvalue weighted by molar-refractivity contribution is 0.107. The molecule has 1 heterocycles. The predicted molar refractivity (Wildman–Crippen MR) is 102 cm³/mol. The summed E-state index contributed by atoms with van der Waals surface area (Å²) in [6.07, 6.45) is 4.74. The van der Waals surface area contributed by atoms with E-state index < -0.39 is 6.10 Å². The zero-order valence-corrected chi connectivity index (χ0v) is 14.4. The highest BCUT2D eigenvalue weighted by Crippen LogP contribution is 2.24. The Bertz CT molecular complexity index is 755. The number of ether oxygens (including phenoxy) is 1. The molecule has 25 heavy (non-hydrogen) atoms. The maximum absolute atomic E-state index is 10.1. The molecule has 4 nitrogen and oxygen atoms in total. The Hall–Kier alpha value is -2.30. The SMILES string of the molecule is O[C@@H](CNCCCCc1ccccc1)COc1cccc2[nH]ccc12. The van der Waals surface area contributed by atoms with Gasteiger partial charge in [0.15, 0.2) is 0 Å². The summed E-state index contributed by atoms with van der Waals surface area (Å²) in [4.78, 5) is 3.16. The standard InChI is InChI=1S/C21H26N2O2/c24-18(15-22-13-5-4-9-17-7-2-1-3-8-17)16-25-21-11-6-10-20-19(21)12-14-23-20/h1-3,6-8,10-12,14,18,22-24H,4-5,9,13,15-16H2/t18-/m0/s1. The van der Waals surface area contributed by atoms with E-state index in [1.54, 1.807) is 0 Å². The fourth-order valence-electron chi connectivity index (χ4n) is 2.92. The molecule has 1 atom stereocenters. The van der Waals surface area contributed by atoms with Gasteiger partial charge in [-0.3, -0.25) is 0 Å². The van der Waals surface area contributed by atoms with E-state index in [0.29, 0.717) is 13.2 Å². The van der Waals surface area contributed by atoms with Crippen LogP contribution in [0, 0.1) is 0 Å². The average Bonchev–Trinajstić information content (AvgIpc) is 3.13. The van der Waals surface area contributed by atoms with E-state index in [1.807, 2.05) is 36.5 Å². The fraction of sp³-hybridized carbons (Fsp3) is 0.333. The van der Waals surface area contributed by atoms with Crippen LogP contribution in [0.4, 0.5) is 0 Å². The van der Waals surface area contributed by atoms with Crippen LogP contribution in [0.2, 0.25) is 0 Å². The number of hydrogen-bond acceptors (Lipinski definition) is 3. The van der Waals surface area contributed by atoms with E-state index in [4.69, 9.17) is 4.74 Å². The molecule has 132 valence electrons. The molecule has 0 unspecified atom stereocenters. The summed E-state index contributed by atoms with van der Waals surface area (Å²) >= 11 is 0. The molecule has 3 aromatic rings. The van der Waals surface area contributed by atoms with Crippen molar-refractivity contribution in [1.29, 1.82) is 0 Å². The number of hydrogen-bond donors (Lipinski definition) is 3. The van der Waals surface area contributed by atoms with Gasteiger partial charge >= 0.3 is 0 Å². The van der Waals surface area contributed by atoms with Crippen molar-refractivity contribution in [2.45, 2.75) is 25.4 Å². The van der Waals surface area contributed by atoms with Crippen LogP contribution in [0.1, 0.15) is 18.4 Å². The number of nitrogens with one attached hydrogen (secondary N) is 2. The number of aromatic amines is 1. The number of unbranched alkanes of at least 4 members (excludes halogenated alkanes) is 1. The Morgan fingerprint density at radius 1 is 1.00 bits per heavy atom. The Balaban J connectivity index is 1.29. The first-order valence-electron chi connectivity index (χ1n) is 8.94. The first kappa shape index (κ1) is 17.5. The molecular weight excluding hydrogens is 312 g/mol. The van der Waals surface area contributed by atoms with Gasteiger partial charge in [0.2, 0.25) is 0 Å². The monoisotopic (exact) mass is 338 g/mol. The summed E-state index contributed by atoms with van der Waals surface area (Å²) in [5.74, 6) is 0.806. The van der Waals surface area contributed by atoms with E-state index in [1.165, 1.54) is 5.56 Å². The van der Waals surface area contributed by atoms with Crippen molar-refractivity contribution >= 4 is 10.9 Å². The van der Waals surface area contributed by atoms with Crippen molar-refractivity contribution < 1.29 is 9.84 Å². The van der Waals surface area contributed by atoms with Gasteiger partial charge in [0.1, 0.15) is 18.5 Å². The molecule has 4 heteroatoms. The first-order chi connectivity index (χ1) is 12.3. The van der Waals surface area contributed by atoms with Crippen LogP contribution in [0.5, 0.6) is 5.75 Å². The summed E-state index contributed by atoms with van der Waals surface area (Å²) in [5.41, 5.74) is 2.43. The molecule has 0 saturated heterocycles. The van der Waals surface area contributed by atoms with Crippen LogP contribution in [-0.2, 0) is 6.42 Å². The van der Waals surface area contributed by atoms with E-state index in [2.05, 4.69) is 34.6 Å². The highest BCUT2D eigenvalue weighted by Gasteiger charge is 2.07. The molecule has 0 aliphatic carbocycles. The topological polar surface area (TPSA) is 57.3 Å². The smallest absolute Gasteiger partial charge is 0.128 e. The molecule has 3 rings (SSSR count). The van der Waals surface area contributed by atoms with Crippen molar-refractivity contribution in [1.82, 2.24) is 10.3 Å². The molecule has 0 saturated carbocycles. The molecule has 0 aliphatic rings. The number of aliphatic hydroxyl groups is 1. The minimum Gasteiger partial charge on any atom is -0.490 e. The van der Waals surface area contributed by atoms with Gasteiger partial charge in [-0.25, -0.2) is 0 Å². The van der Waals surface area contributed by atoms with Crippen LogP contribution < -0.4 is 10.1 Å². The average molecular weight is 338 g/mol. The number of H-pyrrole nitrogens is 1. The second-order valence-electron chi connectivity index (χ2n) is 6.31. The van der Waals surface area contributed by atoms with Gasteiger partial charge in [-0.2, -0.15) is 0 Å². The summed E-state index contributed by atoms with van der Waals surface area (Å²) in [6, 6.07) is 18.4. The molecule has 0 bridgehead atoms. The number of fused-ring (bicyclic) bond motifs is 1. The number of aliphatic hydroxyl groups excluding tert-OH is 1. The number of aromatic nitrogens is 1. The van der Waals surface area contributed by atoms with Crippen LogP contribution in [0.3, 0.4) is 0 Å². The zero-order valence-electron chi connectivity index (χ0n) is 14.4. The van der Waals surface area contributed by atoms with Crippen LogP contribution >= 0.6 is 0 Å². The van der Waals surface area contributed by atoms with Gasteiger partial charge in [0.05, 0.1) is 0 Å². The third kappa shape index (κ3) is 5.34. The maximum Gasteiger partial charge on any atom is 0.128 e. The van der Waals surface area contributed by atoms with E-state index in [9.17, 15) is 5.11 Å². The van der Waals surface area contributed by atoms with Crippen LogP contribution in [0.15, 0.2) is 60.8 Å². The van der Waals surface area contributed by atoms with Gasteiger partial charge in [-0.05, 0) is 49.6 Å². The van der Waals surface area contributed by atoms with Crippen molar-refractivity contribution in [3.8, 4) is 5.75 Å². The normalized spacial score (nSPS) is 12.4. The summed E-state index contributed by atoms with van der Waals surface area (Å²) in [5, 5.41) is 14.4. The van der Waals surface area contributed by atoms with Crippen molar-refractivity contribution in [3.63, 3.8) is 0 Å². The van der Waals surface area contributed by atoms with Gasteiger partial charge < -0.3 is 20.1 Å². The second-order valence-corrected chi connectivity index (χ2v) is 6.31. The van der Waals surface area contributed by atoms with Crippen LogP contribution in [0.25, 0.3) is 10.9 Å². The number of benzene rings is 2. The summed E-state index contributed by atoms with van der Waals surface area (Å²) in [7, 11) is 0. The fourth-order valence-corrected chi connectivity index (χ4v) is 2.92. The van der Waals surface area contributed by atoms with E-state index in [0.717, 1.165) is 42.5 Å². The highest BCUT2D eigenvalue weighted by atomic mass is 16.5. The highest BCUT2D eigenvalue weighted by molar-refractivity contribution is 5.85. The van der Waals surface area contributed by atoms with Gasteiger partial charge in [-0.1, -0.05) is 36.4 Å². The summed E-state index contributed by atoms with van der Waals surface area (Å²) < 4.78 is 5.77. The molecule has 3 N–H and O–H groups in total. The molecule has 0 aliphatic heterocycles. The van der Waals surface area contributed by atoms with E-state index >= 15 is 0 Å². The maximum atomic E-state index is 10.1. The molecule has 0 spiro atoms. The molecule has 0 radical (unpaired) electrons. The Morgan fingerprint density at radius 3 is 2.76 bits per heavy atom. The van der Waals surface area contributed by atoms with Crippen molar-refractivity contribution in [3.05, 3.63) is 66.4 Å². The summed E-state index contributed by atoms with van der Waals surface area (Å²) in [6.45, 7) is 1.76. The van der Waals surface area contributed by atoms with E-state index in [-0.39, 0.29) is 0 Å². The molecular formula is C21H26N2O2. The lowest BCUT2D eigenvalue weighted by Crippen LogP contribution is -2.32. The molecule has 0 fully saturated rings. The predicted octanol–water partition coefficient (Wildman–Crippen LogP) is 3.52. The molecule has 2 aromatic carbocycles. The van der Waals surface area contributed by atoms with Gasteiger partial charge in [0, 0.05) is 23.6 Å². The third-order valence-corrected chi connectivity index (χ3v) is 4.28. The minimum atomic E-state index is -0.511. The first-order valence-corrected chi connectivity index (χ1v) is 8.94. The molecule has 1 aromatic heterocycles. The third-order valence-electron chi connectivity index (χ3n) is 4.28.